The van der Waals surface area contributed by atoms with Gasteiger partial charge in [-0.2, -0.15) is 0 Å². The number of nitrogens with zero attached hydrogens (tertiary/aromatic N) is 1. The summed E-state index contributed by atoms with van der Waals surface area (Å²) in [4.78, 5) is 35.2. The summed E-state index contributed by atoms with van der Waals surface area (Å²) in [7, 11) is 0. The van der Waals surface area contributed by atoms with E-state index in [1.165, 1.54) is 30.3 Å². The second-order valence-electron chi connectivity index (χ2n) is 8.31. The summed E-state index contributed by atoms with van der Waals surface area (Å²) in [6, 6.07) is 16.0. The van der Waals surface area contributed by atoms with Crippen molar-refractivity contribution in [2.45, 2.75) is 19.9 Å². The third kappa shape index (κ3) is 5.06. The van der Waals surface area contributed by atoms with Crippen molar-refractivity contribution in [1.82, 2.24) is 9.88 Å². The Morgan fingerprint density at radius 2 is 1.77 bits per heavy atom. The van der Waals surface area contributed by atoms with Crippen LogP contribution in [0.4, 0.5) is 4.39 Å². The number of carbonyl (C=O) groups is 3. The minimum absolute atomic E-state index is 0.142. The van der Waals surface area contributed by atoms with E-state index >= 15 is 0 Å². The molecular formula is C27H24FN3O4. The van der Waals surface area contributed by atoms with Crippen molar-refractivity contribution in [3.63, 3.8) is 0 Å². The van der Waals surface area contributed by atoms with E-state index in [0.717, 1.165) is 27.6 Å². The molecule has 0 atom stereocenters. The largest absolute Gasteiger partial charge is 0.507 e. The van der Waals surface area contributed by atoms with Gasteiger partial charge in [-0.3, -0.25) is 14.4 Å². The van der Waals surface area contributed by atoms with Gasteiger partial charge < -0.3 is 20.7 Å². The standard InChI is InChI=1S/C27H24FN3O4/c1-16-2-4-18(10-12-30-27(35)26(29)34)21-11-13-31(24(16)21)15-17-3-9-23(32)22(14-17)25(33)19-5-7-20(28)8-6-19/h2-9,11,13-14,32H,10,12,15H2,1H3,(H2,29,34)(H,30,35). The Bertz CT molecular complexity index is 1440. The molecule has 0 saturated carbocycles. The van der Waals surface area contributed by atoms with E-state index in [9.17, 15) is 23.9 Å². The smallest absolute Gasteiger partial charge is 0.309 e. The Kier molecular flexibility index (Phi) is 6.64. The van der Waals surface area contributed by atoms with Crippen LogP contribution >= 0.6 is 0 Å². The molecule has 1 heterocycles. The van der Waals surface area contributed by atoms with Crippen LogP contribution in [0.25, 0.3) is 10.9 Å². The molecule has 35 heavy (non-hydrogen) atoms. The van der Waals surface area contributed by atoms with Crippen molar-refractivity contribution in [2.24, 2.45) is 5.73 Å². The van der Waals surface area contributed by atoms with Gasteiger partial charge in [-0.05, 0) is 72.5 Å². The van der Waals surface area contributed by atoms with Gasteiger partial charge in [-0.1, -0.05) is 18.2 Å². The first-order valence-electron chi connectivity index (χ1n) is 11.0. The van der Waals surface area contributed by atoms with Crippen molar-refractivity contribution in [3.05, 3.63) is 100 Å². The highest BCUT2D eigenvalue weighted by molar-refractivity contribution is 6.34. The highest BCUT2D eigenvalue weighted by atomic mass is 19.1. The molecule has 2 amide bonds. The fourth-order valence-electron chi connectivity index (χ4n) is 4.13. The SMILES string of the molecule is Cc1ccc(CCNC(=O)C(N)=O)c2ccn(Cc3ccc(O)c(C(=O)c4ccc(F)cc4)c3)c12. The topological polar surface area (TPSA) is 114 Å². The molecule has 0 fully saturated rings. The quantitative estimate of drug-likeness (QED) is 0.282. The Balaban J connectivity index is 1.60. The van der Waals surface area contributed by atoms with Gasteiger partial charge in [0.25, 0.3) is 0 Å². The molecule has 0 aliphatic rings. The maximum absolute atomic E-state index is 13.2. The van der Waals surface area contributed by atoms with E-state index in [4.69, 9.17) is 5.73 Å². The maximum atomic E-state index is 13.2. The zero-order chi connectivity index (χ0) is 25.1. The molecule has 8 heteroatoms. The third-order valence-corrected chi connectivity index (χ3v) is 5.89. The number of ketones is 1. The van der Waals surface area contributed by atoms with Gasteiger partial charge in [0.2, 0.25) is 0 Å². The summed E-state index contributed by atoms with van der Waals surface area (Å²) in [5.74, 6) is -2.81. The van der Waals surface area contributed by atoms with E-state index in [1.807, 2.05) is 31.3 Å². The van der Waals surface area contributed by atoms with Gasteiger partial charge in [0, 0.05) is 30.2 Å². The molecule has 0 bridgehead atoms. The fraction of sp³-hybridized carbons (Fsp3) is 0.148. The molecule has 3 aromatic carbocycles. The number of hydrogen-bond acceptors (Lipinski definition) is 4. The predicted octanol–water partition coefficient (Wildman–Crippen LogP) is 3.22. The van der Waals surface area contributed by atoms with Crippen molar-refractivity contribution >= 4 is 28.5 Å². The number of nitrogens with one attached hydrogen (secondary N) is 1. The van der Waals surface area contributed by atoms with E-state index in [0.29, 0.717) is 13.0 Å². The molecule has 178 valence electrons. The van der Waals surface area contributed by atoms with E-state index in [1.54, 1.807) is 12.1 Å². The molecule has 7 nitrogen and oxygen atoms in total. The number of halogens is 1. The van der Waals surface area contributed by atoms with Crippen molar-refractivity contribution in [2.75, 3.05) is 6.54 Å². The van der Waals surface area contributed by atoms with Crippen LogP contribution in [-0.2, 0) is 22.6 Å². The van der Waals surface area contributed by atoms with Gasteiger partial charge in [0.15, 0.2) is 5.78 Å². The maximum Gasteiger partial charge on any atom is 0.309 e. The van der Waals surface area contributed by atoms with Crippen molar-refractivity contribution < 1.29 is 23.9 Å². The summed E-state index contributed by atoms with van der Waals surface area (Å²) < 4.78 is 15.3. The van der Waals surface area contributed by atoms with Gasteiger partial charge in [-0.15, -0.1) is 0 Å². The number of carbonyl (C=O) groups excluding carboxylic acids is 3. The molecule has 0 aliphatic heterocycles. The molecule has 0 spiro atoms. The van der Waals surface area contributed by atoms with Crippen LogP contribution in [-0.4, -0.2) is 33.8 Å². The van der Waals surface area contributed by atoms with Gasteiger partial charge in [0.1, 0.15) is 11.6 Å². The summed E-state index contributed by atoms with van der Waals surface area (Å²) in [5.41, 5.74) is 9.28. The van der Waals surface area contributed by atoms with Crippen molar-refractivity contribution in [1.29, 1.82) is 0 Å². The van der Waals surface area contributed by atoms with E-state index in [2.05, 4.69) is 9.88 Å². The lowest BCUT2D eigenvalue weighted by atomic mass is 10.00. The van der Waals surface area contributed by atoms with Crippen LogP contribution < -0.4 is 11.1 Å². The molecule has 1 aromatic heterocycles. The zero-order valence-electron chi connectivity index (χ0n) is 19.0. The van der Waals surface area contributed by atoms with Gasteiger partial charge in [-0.25, -0.2) is 4.39 Å². The first kappa shape index (κ1) is 23.7. The number of aromatic hydroxyl groups is 1. The van der Waals surface area contributed by atoms with Crippen LogP contribution in [0.15, 0.2) is 66.9 Å². The number of amides is 2. The van der Waals surface area contributed by atoms with Gasteiger partial charge >= 0.3 is 11.8 Å². The zero-order valence-corrected chi connectivity index (χ0v) is 19.0. The monoisotopic (exact) mass is 473 g/mol. The minimum Gasteiger partial charge on any atom is -0.507 e. The number of benzene rings is 3. The molecule has 0 radical (unpaired) electrons. The molecule has 0 unspecified atom stereocenters. The highest BCUT2D eigenvalue weighted by Gasteiger charge is 2.16. The molecule has 0 saturated heterocycles. The molecule has 4 rings (SSSR count). The molecule has 4 aromatic rings. The lowest BCUT2D eigenvalue weighted by Crippen LogP contribution is -2.37. The first-order chi connectivity index (χ1) is 16.7. The lowest BCUT2D eigenvalue weighted by Gasteiger charge is -2.12. The van der Waals surface area contributed by atoms with E-state index < -0.39 is 23.4 Å². The second kappa shape index (κ2) is 9.80. The average molecular weight is 474 g/mol. The van der Waals surface area contributed by atoms with Gasteiger partial charge in [0.05, 0.1) is 11.1 Å². The summed E-state index contributed by atoms with van der Waals surface area (Å²) >= 11 is 0. The number of fused-ring (bicyclic) bond motifs is 1. The lowest BCUT2D eigenvalue weighted by molar-refractivity contribution is -0.137. The third-order valence-electron chi connectivity index (χ3n) is 5.89. The molecular weight excluding hydrogens is 449 g/mol. The predicted molar refractivity (Wildman–Crippen MR) is 130 cm³/mol. The Morgan fingerprint density at radius 1 is 1.03 bits per heavy atom. The summed E-state index contributed by atoms with van der Waals surface area (Å²) in [6.45, 7) is 2.73. The van der Waals surface area contributed by atoms with Crippen LogP contribution in [0, 0.1) is 12.7 Å². The first-order valence-corrected chi connectivity index (χ1v) is 11.0. The van der Waals surface area contributed by atoms with E-state index in [-0.39, 0.29) is 23.4 Å². The number of nitrogens with two attached hydrogens (primary N) is 1. The minimum atomic E-state index is -1.02. The molecule has 0 aliphatic carbocycles. The number of phenolic OH excluding ortho intramolecular Hbond substituents is 1. The number of aromatic nitrogens is 1. The fourth-order valence-corrected chi connectivity index (χ4v) is 4.13. The van der Waals surface area contributed by atoms with Crippen LogP contribution in [0.3, 0.4) is 0 Å². The highest BCUT2D eigenvalue weighted by Crippen LogP contribution is 2.27. The number of primary amides is 1. The Labute approximate surface area is 201 Å². The number of aryl methyl sites for hydroxylation is 1. The van der Waals surface area contributed by atoms with Crippen molar-refractivity contribution in [3.8, 4) is 5.75 Å². The number of rotatable bonds is 7. The van der Waals surface area contributed by atoms with Crippen LogP contribution in [0.1, 0.15) is 32.6 Å². The summed E-state index contributed by atoms with van der Waals surface area (Å²) in [5, 5.41) is 13.8. The normalized spacial score (nSPS) is 10.9. The Morgan fingerprint density at radius 3 is 2.49 bits per heavy atom. The summed E-state index contributed by atoms with van der Waals surface area (Å²) in [6.07, 6.45) is 2.47. The average Bonchev–Trinajstić information content (AvgIpc) is 3.26. The van der Waals surface area contributed by atoms with Crippen LogP contribution in [0.5, 0.6) is 5.75 Å². The number of hydrogen-bond donors (Lipinski definition) is 3. The second-order valence-corrected chi connectivity index (χ2v) is 8.31. The Hall–Kier alpha value is -4.46. The molecule has 4 N–H and O–H groups in total. The number of phenols is 1. The van der Waals surface area contributed by atoms with Crippen LogP contribution in [0.2, 0.25) is 0 Å².